The first kappa shape index (κ1) is 17.8. The van der Waals surface area contributed by atoms with Crippen LogP contribution in [-0.4, -0.2) is 65.2 Å². The Balaban J connectivity index is 1.59. The Labute approximate surface area is 148 Å². The summed E-state index contributed by atoms with van der Waals surface area (Å²) in [5.74, 6) is -1.62. The Morgan fingerprint density at radius 3 is 2.44 bits per heavy atom. The maximum Gasteiger partial charge on any atom is 0.240 e. The summed E-state index contributed by atoms with van der Waals surface area (Å²) in [5.41, 5.74) is -0.226. The van der Waals surface area contributed by atoms with Gasteiger partial charge in [-0.3, -0.25) is 15.0 Å². The fourth-order valence-corrected chi connectivity index (χ4v) is 3.51. The molecule has 0 radical (unpaired) electrons. The summed E-state index contributed by atoms with van der Waals surface area (Å²) in [6.07, 6.45) is 0. The molecule has 1 aliphatic heterocycles. The fourth-order valence-electron chi connectivity index (χ4n) is 2.70. The van der Waals surface area contributed by atoms with Crippen LogP contribution in [0.1, 0.15) is 6.92 Å². The summed E-state index contributed by atoms with van der Waals surface area (Å²) in [5, 5.41) is 10.6. The number of hydrogen-bond donors (Lipinski definition) is 1. The lowest BCUT2D eigenvalue weighted by Crippen LogP contribution is -2.48. The molecule has 0 aliphatic carbocycles. The van der Waals surface area contributed by atoms with E-state index in [1.807, 2.05) is 0 Å². The molecule has 0 saturated carbocycles. The maximum absolute atomic E-state index is 13.8. The van der Waals surface area contributed by atoms with E-state index in [1.165, 1.54) is 6.07 Å². The Hall–Kier alpha value is -1.97. The van der Waals surface area contributed by atoms with Crippen LogP contribution < -0.4 is 5.32 Å². The van der Waals surface area contributed by atoms with Crippen molar-refractivity contribution in [1.82, 2.24) is 20.0 Å². The molecular weight excluding hydrogens is 348 g/mol. The van der Waals surface area contributed by atoms with Gasteiger partial charge in [0.15, 0.2) is 5.01 Å². The molecular formula is C16H19F2N5OS. The van der Waals surface area contributed by atoms with Gasteiger partial charge in [-0.05, 0) is 18.7 Å². The average Bonchev–Trinajstić information content (AvgIpc) is 3.03. The van der Waals surface area contributed by atoms with Gasteiger partial charge in [-0.2, -0.15) is 0 Å². The van der Waals surface area contributed by atoms with E-state index >= 15 is 0 Å². The number of aromatic nitrogens is 2. The highest BCUT2D eigenvalue weighted by molar-refractivity contribution is 7.18. The minimum atomic E-state index is -0.706. The molecule has 2 heterocycles. The molecule has 1 amide bonds. The van der Waals surface area contributed by atoms with Gasteiger partial charge in [-0.1, -0.05) is 24.3 Å². The van der Waals surface area contributed by atoms with E-state index in [9.17, 15) is 13.6 Å². The zero-order valence-corrected chi connectivity index (χ0v) is 14.7. The number of hydrogen-bond acceptors (Lipinski definition) is 6. The minimum absolute atomic E-state index is 0.0995. The lowest BCUT2D eigenvalue weighted by Gasteiger charge is -2.33. The van der Waals surface area contributed by atoms with Gasteiger partial charge in [0.25, 0.3) is 0 Å². The van der Waals surface area contributed by atoms with Crippen molar-refractivity contribution in [3.05, 3.63) is 29.8 Å². The molecule has 0 unspecified atom stereocenters. The Kier molecular flexibility index (Phi) is 5.67. The number of benzene rings is 1. The summed E-state index contributed by atoms with van der Waals surface area (Å²) in [7, 11) is 0. The van der Waals surface area contributed by atoms with E-state index in [2.05, 4.69) is 32.2 Å². The predicted octanol–water partition coefficient (Wildman–Crippen LogP) is 2.06. The summed E-state index contributed by atoms with van der Waals surface area (Å²) in [4.78, 5) is 16.5. The molecule has 1 aromatic heterocycles. The molecule has 3 rings (SSSR count). The first-order chi connectivity index (χ1) is 12.1. The van der Waals surface area contributed by atoms with Gasteiger partial charge >= 0.3 is 0 Å². The summed E-state index contributed by atoms with van der Waals surface area (Å²) >= 11 is 0.948. The Bertz CT molecular complexity index is 726. The monoisotopic (exact) mass is 367 g/mol. The summed E-state index contributed by atoms with van der Waals surface area (Å²) in [6.45, 7) is 6.96. The van der Waals surface area contributed by atoms with Gasteiger partial charge in [0.05, 0.1) is 12.1 Å². The molecule has 1 saturated heterocycles. The molecule has 0 atom stereocenters. The number of carbonyl (C=O) groups is 1. The van der Waals surface area contributed by atoms with E-state index in [0.29, 0.717) is 0 Å². The van der Waals surface area contributed by atoms with Gasteiger partial charge in [0.2, 0.25) is 11.0 Å². The number of piperazine rings is 1. The number of anilines is 1. The first-order valence-electron chi connectivity index (χ1n) is 8.09. The third kappa shape index (κ3) is 4.36. The molecule has 1 aliphatic rings. The van der Waals surface area contributed by atoms with Crippen molar-refractivity contribution in [2.45, 2.75) is 6.92 Å². The molecule has 9 heteroatoms. The second-order valence-electron chi connectivity index (χ2n) is 5.77. The molecule has 1 fully saturated rings. The van der Waals surface area contributed by atoms with Gasteiger partial charge in [-0.15, -0.1) is 10.2 Å². The van der Waals surface area contributed by atoms with E-state index in [0.717, 1.165) is 56.2 Å². The van der Waals surface area contributed by atoms with Crippen LogP contribution in [0.5, 0.6) is 0 Å². The molecule has 25 heavy (non-hydrogen) atoms. The number of likely N-dealkylation sites (N-methyl/N-ethyl adjacent to an activating group) is 1. The quantitative estimate of drug-likeness (QED) is 0.877. The molecule has 2 aromatic rings. The van der Waals surface area contributed by atoms with Crippen LogP contribution in [0.3, 0.4) is 0 Å². The lowest BCUT2D eigenvalue weighted by molar-refractivity contribution is -0.117. The Morgan fingerprint density at radius 2 is 1.80 bits per heavy atom. The number of nitrogens with zero attached hydrogens (tertiary/aromatic N) is 4. The predicted molar refractivity (Wildman–Crippen MR) is 92.4 cm³/mol. The molecule has 0 spiro atoms. The molecule has 0 bridgehead atoms. The molecule has 1 aromatic carbocycles. The van der Waals surface area contributed by atoms with Crippen LogP contribution in [0.2, 0.25) is 0 Å². The number of rotatable bonds is 5. The SMILES string of the molecule is CCN1CCN(CC(=O)Nc2nnc(-c3c(F)cccc3F)s2)CC1. The van der Waals surface area contributed by atoms with Crippen molar-refractivity contribution in [3.8, 4) is 10.6 Å². The number of nitrogens with one attached hydrogen (secondary N) is 1. The molecule has 1 N–H and O–H groups in total. The van der Waals surface area contributed by atoms with E-state index < -0.39 is 11.6 Å². The van der Waals surface area contributed by atoms with Gasteiger partial charge < -0.3 is 4.90 Å². The van der Waals surface area contributed by atoms with Crippen LogP contribution in [0.15, 0.2) is 18.2 Å². The smallest absolute Gasteiger partial charge is 0.240 e. The van der Waals surface area contributed by atoms with Crippen molar-refractivity contribution < 1.29 is 13.6 Å². The number of amides is 1. The van der Waals surface area contributed by atoms with E-state index in [4.69, 9.17) is 0 Å². The van der Waals surface area contributed by atoms with E-state index in [1.54, 1.807) is 0 Å². The topological polar surface area (TPSA) is 61.4 Å². The third-order valence-electron chi connectivity index (χ3n) is 4.13. The van der Waals surface area contributed by atoms with Gasteiger partial charge in [0, 0.05) is 26.2 Å². The van der Waals surface area contributed by atoms with E-state index in [-0.39, 0.29) is 28.2 Å². The van der Waals surface area contributed by atoms with Crippen molar-refractivity contribution >= 4 is 22.4 Å². The standard InChI is InChI=1S/C16H19F2N5OS/c1-2-22-6-8-23(9-7-22)10-13(24)19-16-21-20-15(25-16)14-11(17)4-3-5-12(14)18/h3-5H,2,6-10H2,1H3,(H,19,21,24). The van der Waals surface area contributed by atoms with Gasteiger partial charge in [-0.25, -0.2) is 8.78 Å². The van der Waals surface area contributed by atoms with Crippen LogP contribution in [-0.2, 0) is 4.79 Å². The maximum atomic E-state index is 13.8. The fraction of sp³-hybridized carbons (Fsp3) is 0.438. The highest BCUT2D eigenvalue weighted by Crippen LogP contribution is 2.30. The first-order valence-corrected chi connectivity index (χ1v) is 8.91. The average molecular weight is 367 g/mol. The zero-order chi connectivity index (χ0) is 17.8. The number of halogens is 2. The normalized spacial score (nSPS) is 16.1. The third-order valence-corrected chi connectivity index (χ3v) is 4.98. The van der Waals surface area contributed by atoms with Crippen molar-refractivity contribution in [1.29, 1.82) is 0 Å². The van der Waals surface area contributed by atoms with Gasteiger partial charge in [0.1, 0.15) is 11.6 Å². The van der Waals surface area contributed by atoms with Crippen molar-refractivity contribution in [2.75, 3.05) is 44.6 Å². The van der Waals surface area contributed by atoms with Crippen molar-refractivity contribution in [2.24, 2.45) is 0 Å². The highest BCUT2D eigenvalue weighted by atomic mass is 32.1. The number of carbonyl (C=O) groups excluding carboxylic acids is 1. The molecule has 6 nitrogen and oxygen atoms in total. The lowest BCUT2D eigenvalue weighted by atomic mass is 10.2. The largest absolute Gasteiger partial charge is 0.301 e. The van der Waals surface area contributed by atoms with Crippen LogP contribution in [0.4, 0.5) is 13.9 Å². The summed E-state index contributed by atoms with van der Waals surface area (Å²) < 4.78 is 27.6. The highest BCUT2D eigenvalue weighted by Gasteiger charge is 2.20. The summed E-state index contributed by atoms with van der Waals surface area (Å²) in [6, 6.07) is 3.61. The minimum Gasteiger partial charge on any atom is -0.301 e. The molecule has 134 valence electrons. The zero-order valence-electron chi connectivity index (χ0n) is 13.8. The second kappa shape index (κ2) is 7.94. The van der Waals surface area contributed by atoms with Crippen LogP contribution in [0.25, 0.3) is 10.6 Å². The van der Waals surface area contributed by atoms with Crippen LogP contribution >= 0.6 is 11.3 Å². The van der Waals surface area contributed by atoms with Crippen LogP contribution in [0, 0.1) is 11.6 Å². The second-order valence-corrected chi connectivity index (χ2v) is 6.75. The van der Waals surface area contributed by atoms with Crippen molar-refractivity contribution in [3.63, 3.8) is 0 Å². The Morgan fingerprint density at radius 1 is 1.16 bits per heavy atom.